The molecule has 0 amide bonds. The highest BCUT2D eigenvalue weighted by molar-refractivity contribution is 6.42. The Kier molecular flexibility index (Phi) is 7.50. The molecule has 2 aromatic rings. The summed E-state index contributed by atoms with van der Waals surface area (Å²) in [6.07, 6.45) is 1.73. The van der Waals surface area contributed by atoms with Gasteiger partial charge in [0, 0.05) is 19.2 Å². The number of aryl methyl sites for hydroxylation is 1. The van der Waals surface area contributed by atoms with Crippen molar-refractivity contribution in [3.8, 4) is 5.75 Å². The van der Waals surface area contributed by atoms with Gasteiger partial charge in [-0.3, -0.25) is 15.0 Å². The fraction of sp³-hybridized carbons (Fsp3) is 0.400. The van der Waals surface area contributed by atoms with Crippen molar-refractivity contribution in [1.82, 2.24) is 4.90 Å². The van der Waals surface area contributed by atoms with Gasteiger partial charge in [-0.2, -0.15) is 0 Å². The molecule has 6 nitrogen and oxygen atoms in total. The van der Waals surface area contributed by atoms with Gasteiger partial charge in [-0.25, -0.2) is 0 Å². The van der Waals surface area contributed by atoms with E-state index in [1.807, 2.05) is 6.07 Å². The SMILES string of the molecule is O=[N+]([O-])c1cc(CCCN2CCOCC2)ccc1OCc1ccc(Cl)c(Cl)c1. The quantitative estimate of drug-likeness (QED) is 0.451. The second-order valence-electron chi connectivity index (χ2n) is 6.65. The zero-order valence-electron chi connectivity index (χ0n) is 15.4. The number of nitro benzene ring substituents is 1. The largest absolute Gasteiger partial charge is 0.482 e. The van der Waals surface area contributed by atoms with Crippen LogP contribution < -0.4 is 4.74 Å². The van der Waals surface area contributed by atoms with Crippen molar-refractivity contribution in [3.05, 3.63) is 67.7 Å². The maximum absolute atomic E-state index is 11.5. The van der Waals surface area contributed by atoms with E-state index in [1.165, 1.54) is 0 Å². The van der Waals surface area contributed by atoms with Gasteiger partial charge in [-0.1, -0.05) is 35.3 Å². The molecule has 0 spiro atoms. The third-order valence-corrected chi connectivity index (χ3v) is 5.38. The van der Waals surface area contributed by atoms with Gasteiger partial charge >= 0.3 is 5.69 Å². The summed E-state index contributed by atoms with van der Waals surface area (Å²) in [5.74, 6) is 0.244. The molecule has 1 aliphatic rings. The van der Waals surface area contributed by atoms with E-state index in [-0.39, 0.29) is 18.0 Å². The van der Waals surface area contributed by atoms with E-state index >= 15 is 0 Å². The van der Waals surface area contributed by atoms with E-state index in [9.17, 15) is 10.1 Å². The summed E-state index contributed by atoms with van der Waals surface area (Å²) in [6, 6.07) is 10.3. The third kappa shape index (κ3) is 5.82. The molecule has 2 aromatic carbocycles. The molecular formula is C20H22Cl2N2O4. The van der Waals surface area contributed by atoms with Crippen LogP contribution in [0.5, 0.6) is 5.75 Å². The van der Waals surface area contributed by atoms with Crippen LogP contribution in [-0.2, 0) is 17.8 Å². The molecule has 150 valence electrons. The Morgan fingerprint density at radius 3 is 2.54 bits per heavy atom. The molecule has 0 radical (unpaired) electrons. The fourth-order valence-corrected chi connectivity index (χ4v) is 3.43. The molecule has 0 bridgehead atoms. The first-order valence-electron chi connectivity index (χ1n) is 9.17. The van der Waals surface area contributed by atoms with Crippen LogP contribution in [0.25, 0.3) is 0 Å². The average Bonchev–Trinajstić information content (AvgIpc) is 2.70. The molecule has 0 N–H and O–H groups in total. The number of rotatable bonds is 8. The fourth-order valence-electron chi connectivity index (χ4n) is 3.11. The first-order valence-corrected chi connectivity index (χ1v) is 9.92. The highest BCUT2D eigenvalue weighted by Gasteiger charge is 2.17. The molecule has 3 rings (SSSR count). The zero-order chi connectivity index (χ0) is 19.9. The van der Waals surface area contributed by atoms with Crippen molar-refractivity contribution in [2.45, 2.75) is 19.4 Å². The molecule has 1 fully saturated rings. The summed E-state index contributed by atoms with van der Waals surface area (Å²) in [6.45, 7) is 4.58. The molecule has 8 heteroatoms. The Labute approximate surface area is 174 Å². The van der Waals surface area contributed by atoms with E-state index in [1.54, 1.807) is 30.3 Å². The summed E-state index contributed by atoms with van der Waals surface area (Å²) in [5.41, 5.74) is 1.70. The lowest BCUT2D eigenvalue weighted by Crippen LogP contribution is -2.36. The van der Waals surface area contributed by atoms with Crippen molar-refractivity contribution in [2.75, 3.05) is 32.8 Å². The molecule has 1 saturated heterocycles. The smallest absolute Gasteiger partial charge is 0.311 e. The molecule has 1 heterocycles. The molecule has 28 heavy (non-hydrogen) atoms. The van der Waals surface area contributed by atoms with Gasteiger partial charge in [0.05, 0.1) is 28.2 Å². The number of nitro groups is 1. The van der Waals surface area contributed by atoms with Gasteiger partial charge in [0.25, 0.3) is 0 Å². The van der Waals surface area contributed by atoms with Crippen molar-refractivity contribution in [3.63, 3.8) is 0 Å². The van der Waals surface area contributed by atoms with Crippen LogP contribution in [0, 0.1) is 10.1 Å². The van der Waals surface area contributed by atoms with Crippen molar-refractivity contribution < 1.29 is 14.4 Å². The number of nitrogens with zero attached hydrogens (tertiary/aromatic N) is 2. The molecule has 1 aliphatic heterocycles. The van der Waals surface area contributed by atoms with E-state index in [0.717, 1.165) is 56.8 Å². The average molecular weight is 425 g/mol. The molecule has 0 atom stereocenters. The summed E-state index contributed by atoms with van der Waals surface area (Å²) < 4.78 is 11.0. The molecule has 0 unspecified atom stereocenters. The number of morpholine rings is 1. The second kappa shape index (κ2) is 10.1. The lowest BCUT2D eigenvalue weighted by atomic mass is 10.1. The normalized spacial score (nSPS) is 14.8. The van der Waals surface area contributed by atoms with Crippen LogP contribution in [0.3, 0.4) is 0 Å². The number of ether oxygens (including phenoxy) is 2. The predicted octanol–water partition coefficient (Wildman–Crippen LogP) is 4.75. The van der Waals surface area contributed by atoms with Crippen LogP contribution >= 0.6 is 23.2 Å². The lowest BCUT2D eigenvalue weighted by Gasteiger charge is -2.26. The van der Waals surface area contributed by atoms with Gasteiger partial charge in [-0.05, 0) is 48.7 Å². The summed E-state index contributed by atoms with van der Waals surface area (Å²) in [5, 5.41) is 12.4. The van der Waals surface area contributed by atoms with Crippen LogP contribution in [-0.4, -0.2) is 42.7 Å². The van der Waals surface area contributed by atoms with Crippen molar-refractivity contribution in [2.24, 2.45) is 0 Å². The van der Waals surface area contributed by atoms with E-state index in [0.29, 0.717) is 10.0 Å². The summed E-state index contributed by atoms with van der Waals surface area (Å²) in [7, 11) is 0. The summed E-state index contributed by atoms with van der Waals surface area (Å²) >= 11 is 11.9. The summed E-state index contributed by atoms with van der Waals surface area (Å²) in [4.78, 5) is 13.4. The minimum atomic E-state index is -0.407. The number of hydrogen-bond acceptors (Lipinski definition) is 5. The zero-order valence-corrected chi connectivity index (χ0v) is 16.9. The minimum Gasteiger partial charge on any atom is -0.482 e. The minimum absolute atomic E-state index is 0.0241. The maximum Gasteiger partial charge on any atom is 0.311 e. The van der Waals surface area contributed by atoms with Gasteiger partial charge in [-0.15, -0.1) is 0 Å². The number of hydrogen-bond donors (Lipinski definition) is 0. The van der Waals surface area contributed by atoms with Crippen LogP contribution in [0.15, 0.2) is 36.4 Å². The van der Waals surface area contributed by atoms with Gasteiger partial charge in [0.15, 0.2) is 5.75 Å². The van der Waals surface area contributed by atoms with E-state index in [2.05, 4.69) is 4.90 Å². The van der Waals surface area contributed by atoms with Crippen molar-refractivity contribution in [1.29, 1.82) is 0 Å². The second-order valence-corrected chi connectivity index (χ2v) is 7.47. The predicted molar refractivity (Wildman–Crippen MR) is 109 cm³/mol. The Morgan fingerprint density at radius 1 is 1.07 bits per heavy atom. The topological polar surface area (TPSA) is 64.8 Å². The first-order chi connectivity index (χ1) is 13.5. The molecular weight excluding hydrogens is 403 g/mol. The highest BCUT2D eigenvalue weighted by Crippen LogP contribution is 2.30. The Hall–Kier alpha value is -1.86. The number of halogens is 2. The van der Waals surface area contributed by atoms with Crippen LogP contribution in [0.1, 0.15) is 17.5 Å². The molecule has 0 saturated carbocycles. The van der Waals surface area contributed by atoms with Gasteiger partial charge < -0.3 is 9.47 Å². The standard InChI is InChI=1S/C20H22Cl2N2O4/c21-17-5-3-16(12-18(17)22)14-28-20-6-4-15(13-19(20)24(25)26)2-1-7-23-8-10-27-11-9-23/h3-6,12-13H,1-2,7-11,14H2. The Bertz CT molecular complexity index is 826. The Balaban J connectivity index is 1.60. The number of benzene rings is 2. The van der Waals surface area contributed by atoms with E-state index in [4.69, 9.17) is 32.7 Å². The lowest BCUT2D eigenvalue weighted by molar-refractivity contribution is -0.386. The maximum atomic E-state index is 11.5. The molecule has 0 aliphatic carbocycles. The van der Waals surface area contributed by atoms with Gasteiger partial charge in [0.1, 0.15) is 6.61 Å². The highest BCUT2D eigenvalue weighted by atomic mass is 35.5. The van der Waals surface area contributed by atoms with Gasteiger partial charge in [0.2, 0.25) is 0 Å². The Morgan fingerprint density at radius 2 is 1.82 bits per heavy atom. The van der Waals surface area contributed by atoms with Crippen LogP contribution in [0.4, 0.5) is 5.69 Å². The third-order valence-electron chi connectivity index (χ3n) is 4.64. The van der Waals surface area contributed by atoms with Crippen LogP contribution in [0.2, 0.25) is 10.0 Å². The first kappa shape index (κ1) is 20.9. The molecule has 0 aromatic heterocycles. The monoisotopic (exact) mass is 424 g/mol. The van der Waals surface area contributed by atoms with Crippen molar-refractivity contribution >= 4 is 28.9 Å². The van der Waals surface area contributed by atoms with E-state index < -0.39 is 4.92 Å².